The molecule has 1 saturated heterocycles. The number of hydrogen-bond donors (Lipinski definition) is 1. The smallest absolute Gasteiger partial charge is 0.110 e. The molecule has 20 heavy (non-hydrogen) atoms. The molecule has 1 aromatic rings. The van der Waals surface area contributed by atoms with E-state index in [-0.39, 0.29) is 6.04 Å². The first-order valence-corrected chi connectivity index (χ1v) is 7.74. The van der Waals surface area contributed by atoms with Crippen LogP contribution in [0.1, 0.15) is 25.6 Å². The summed E-state index contributed by atoms with van der Waals surface area (Å²) >= 11 is 0. The van der Waals surface area contributed by atoms with E-state index in [2.05, 4.69) is 46.6 Å². The molecule has 114 valence electrons. The van der Waals surface area contributed by atoms with Crippen LogP contribution in [0, 0.1) is 0 Å². The van der Waals surface area contributed by atoms with Gasteiger partial charge in [0, 0.05) is 57.1 Å². The van der Waals surface area contributed by atoms with Gasteiger partial charge in [-0.2, -0.15) is 0 Å². The maximum atomic E-state index is 6.37. The van der Waals surface area contributed by atoms with E-state index in [4.69, 9.17) is 5.73 Å². The van der Waals surface area contributed by atoms with Crippen LogP contribution in [0.2, 0.25) is 0 Å². The number of aromatic nitrogens is 2. The third-order valence-corrected chi connectivity index (χ3v) is 4.27. The highest BCUT2D eigenvalue weighted by Crippen LogP contribution is 2.13. The normalized spacial score (nSPS) is 23.1. The van der Waals surface area contributed by atoms with Crippen molar-refractivity contribution in [3.8, 4) is 0 Å². The molecular formula is C15H29N5. The number of nitrogens with zero attached hydrogens (tertiary/aromatic N) is 4. The highest BCUT2D eigenvalue weighted by molar-refractivity contribution is 4.96. The summed E-state index contributed by atoms with van der Waals surface area (Å²) in [6.45, 7) is 6.64. The van der Waals surface area contributed by atoms with Crippen molar-refractivity contribution >= 4 is 0 Å². The lowest BCUT2D eigenvalue weighted by molar-refractivity contribution is 0.104. The number of imidazole rings is 1. The molecule has 1 aliphatic rings. The van der Waals surface area contributed by atoms with Crippen LogP contribution in [0.3, 0.4) is 0 Å². The SMILES string of the molecule is CCCn1ccnc1CC(N)CC1CN(C)CCN1C. The van der Waals surface area contributed by atoms with Crippen molar-refractivity contribution in [1.29, 1.82) is 0 Å². The Hall–Kier alpha value is -0.910. The Kier molecular flexibility index (Phi) is 5.57. The summed E-state index contributed by atoms with van der Waals surface area (Å²) in [6.07, 6.45) is 7.00. The van der Waals surface area contributed by atoms with Crippen molar-refractivity contribution in [1.82, 2.24) is 19.4 Å². The number of nitrogens with two attached hydrogens (primary N) is 1. The molecular weight excluding hydrogens is 250 g/mol. The van der Waals surface area contributed by atoms with Gasteiger partial charge in [0.1, 0.15) is 5.82 Å². The van der Waals surface area contributed by atoms with E-state index < -0.39 is 0 Å². The number of likely N-dealkylation sites (N-methyl/N-ethyl adjacent to an activating group) is 2. The van der Waals surface area contributed by atoms with Crippen molar-refractivity contribution in [2.75, 3.05) is 33.7 Å². The van der Waals surface area contributed by atoms with Gasteiger partial charge < -0.3 is 20.1 Å². The standard InChI is InChI=1S/C15H29N5/c1-4-6-20-7-5-17-15(20)11-13(16)10-14-12-18(2)8-9-19(14)3/h5,7,13-14H,4,6,8-12,16H2,1-3H3. The molecule has 2 atom stereocenters. The highest BCUT2D eigenvalue weighted by atomic mass is 15.3. The second-order valence-electron chi connectivity index (χ2n) is 6.13. The lowest BCUT2D eigenvalue weighted by Crippen LogP contribution is -2.52. The zero-order chi connectivity index (χ0) is 14.5. The Morgan fingerprint density at radius 1 is 1.40 bits per heavy atom. The number of aryl methyl sites for hydroxylation is 1. The van der Waals surface area contributed by atoms with Crippen LogP contribution in [0.25, 0.3) is 0 Å². The number of piperazine rings is 1. The average molecular weight is 279 g/mol. The Bertz CT molecular complexity index is 403. The molecule has 0 aromatic carbocycles. The van der Waals surface area contributed by atoms with Crippen molar-refractivity contribution in [2.45, 2.75) is 44.8 Å². The van der Waals surface area contributed by atoms with Crippen LogP contribution >= 0.6 is 0 Å². The van der Waals surface area contributed by atoms with E-state index in [0.29, 0.717) is 6.04 Å². The summed E-state index contributed by atoms with van der Waals surface area (Å²) in [5, 5.41) is 0. The molecule has 5 nitrogen and oxygen atoms in total. The molecule has 1 aromatic heterocycles. The summed E-state index contributed by atoms with van der Waals surface area (Å²) in [7, 11) is 4.40. The second kappa shape index (κ2) is 7.20. The Morgan fingerprint density at radius 3 is 2.95 bits per heavy atom. The van der Waals surface area contributed by atoms with E-state index in [1.807, 2.05) is 6.20 Å². The van der Waals surface area contributed by atoms with Crippen LogP contribution in [-0.2, 0) is 13.0 Å². The monoisotopic (exact) mass is 279 g/mol. The van der Waals surface area contributed by atoms with Gasteiger partial charge in [0.05, 0.1) is 0 Å². The van der Waals surface area contributed by atoms with Crippen molar-refractivity contribution in [2.24, 2.45) is 5.73 Å². The van der Waals surface area contributed by atoms with Crippen LogP contribution in [0.15, 0.2) is 12.4 Å². The predicted molar refractivity (Wildman–Crippen MR) is 82.7 cm³/mol. The first-order valence-electron chi connectivity index (χ1n) is 7.74. The number of rotatable bonds is 6. The number of hydrogen-bond acceptors (Lipinski definition) is 4. The molecule has 2 N–H and O–H groups in total. The highest BCUT2D eigenvalue weighted by Gasteiger charge is 2.24. The van der Waals surface area contributed by atoms with E-state index in [0.717, 1.165) is 51.3 Å². The maximum Gasteiger partial charge on any atom is 0.110 e. The first kappa shape index (κ1) is 15.5. The fourth-order valence-corrected chi connectivity index (χ4v) is 3.00. The first-order chi connectivity index (χ1) is 9.60. The quantitative estimate of drug-likeness (QED) is 0.837. The van der Waals surface area contributed by atoms with Gasteiger partial charge in [-0.3, -0.25) is 0 Å². The summed E-state index contributed by atoms with van der Waals surface area (Å²) in [4.78, 5) is 9.30. The van der Waals surface area contributed by atoms with Gasteiger partial charge in [-0.05, 0) is 26.9 Å². The van der Waals surface area contributed by atoms with Crippen LogP contribution in [-0.4, -0.2) is 65.2 Å². The molecule has 0 bridgehead atoms. The molecule has 5 heteroatoms. The van der Waals surface area contributed by atoms with E-state index in [1.54, 1.807) is 0 Å². The molecule has 0 saturated carbocycles. The Morgan fingerprint density at radius 2 is 2.20 bits per heavy atom. The summed E-state index contributed by atoms with van der Waals surface area (Å²) < 4.78 is 2.23. The summed E-state index contributed by atoms with van der Waals surface area (Å²) in [6, 6.07) is 0.755. The lowest BCUT2D eigenvalue weighted by atomic mass is 10.0. The van der Waals surface area contributed by atoms with Crippen LogP contribution in [0.4, 0.5) is 0 Å². The van der Waals surface area contributed by atoms with Gasteiger partial charge in [-0.25, -0.2) is 4.98 Å². The minimum Gasteiger partial charge on any atom is -0.335 e. The third kappa shape index (κ3) is 4.04. The Labute approximate surface area is 122 Å². The van der Waals surface area contributed by atoms with Crippen LogP contribution < -0.4 is 5.73 Å². The molecule has 0 spiro atoms. The molecule has 0 amide bonds. The lowest BCUT2D eigenvalue weighted by Gasteiger charge is -2.38. The minimum absolute atomic E-state index is 0.187. The molecule has 2 rings (SSSR count). The predicted octanol–water partition coefficient (Wildman–Crippen LogP) is 0.799. The molecule has 0 radical (unpaired) electrons. The molecule has 2 heterocycles. The molecule has 1 aliphatic heterocycles. The second-order valence-corrected chi connectivity index (χ2v) is 6.13. The third-order valence-electron chi connectivity index (χ3n) is 4.27. The molecule has 2 unspecified atom stereocenters. The maximum absolute atomic E-state index is 6.37. The largest absolute Gasteiger partial charge is 0.335 e. The van der Waals surface area contributed by atoms with E-state index in [9.17, 15) is 0 Å². The zero-order valence-electron chi connectivity index (χ0n) is 13.1. The van der Waals surface area contributed by atoms with Gasteiger partial charge in [-0.15, -0.1) is 0 Å². The van der Waals surface area contributed by atoms with Crippen LogP contribution in [0.5, 0.6) is 0 Å². The Balaban J connectivity index is 1.88. The van der Waals surface area contributed by atoms with Gasteiger partial charge in [0.2, 0.25) is 0 Å². The van der Waals surface area contributed by atoms with E-state index in [1.165, 1.54) is 0 Å². The zero-order valence-corrected chi connectivity index (χ0v) is 13.1. The van der Waals surface area contributed by atoms with Crippen molar-refractivity contribution in [3.05, 3.63) is 18.2 Å². The molecule has 0 aliphatic carbocycles. The van der Waals surface area contributed by atoms with Gasteiger partial charge in [-0.1, -0.05) is 6.92 Å². The fourth-order valence-electron chi connectivity index (χ4n) is 3.00. The van der Waals surface area contributed by atoms with E-state index >= 15 is 0 Å². The van der Waals surface area contributed by atoms with Crippen molar-refractivity contribution < 1.29 is 0 Å². The van der Waals surface area contributed by atoms with Gasteiger partial charge >= 0.3 is 0 Å². The van der Waals surface area contributed by atoms with Gasteiger partial charge in [0.25, 0.3) is 0 Å². The van der Waals surface area contributed by atoms with Gasteiger partial charge in [0.15, 0.2) is 0 Å². The topological polar surface area (TPSA) is 50.3 Å². The summed E-state index contributed by atoms with van der Waals surface area (Å²) in [5.74, 6) is 1.13. The fraction of sp³-hybridized carbons (Fsp3) is 0.800. The average Bonchev–Trinajstić information content (AvgIpc) is 2.82. The van der Waals surface area contributed by atoms with Crippen molar-refractivity contribution in [3.63, 3.8) is 0 Å². The molecule has 1 fully saturated rings. The minimum atomic E-state index is 0.187. The summed E-state index contributed by atoms with van der Waals surface area (Å²) in [5.41, 5.74) is 6.37.